The number of halogens is 17. The monoisotopic (exact) mass is 708 g/mol. The van der Waals surface area contributed by atoms with Crippen LogP contribution in [0.15, 0.2) is 12.2 Å². The summed E-state index contributed by atoms with van der Waals surface area (Å²) in [6, 6.07) is 0. The molecule has 0 saturated carbocycles. The fourth-order valence-corrected chi connectivity index (χ4v) is 2.98. The first kappa shape index (κ1) is 44.2. The second kappa shape index (κ2) is 13.4. The maximum Gasteiger partial charge on any atom is 1.00 e. The molecule has 0 radical (unpaired) electrons. The van der Waals surface area contributed by atoms with Crippen LogP contribution in [0.4, 0.5) is 74.6 Å². The van der Waals surface area contributed by atoms with E-state index in [9.17, 15) is 94.0 Å². The summed E-state index contributed by atoms with van der Waals surface area (Å²) in [5.41, 5.74) is -0.335. The van der Waals surface area contributed by atoms with Gasteiger partial charge in [0.15, 0.2) is 6.17 Å². The zero-order valence-corrected chi connectivity index (χ0v) is 23.9. The molecule has 1 N–H and O–H groups in total. The van der Waals surface area contributed by atoms with E-state index in [0.29, 0.717) is 0 Å². The molecule has 0 fully saturated rings. The van der Waals surface area contributed by atoms with Gasteiger partial charge >= 0.3 is 83.1 Å². The number of ether oxygens (including phenoxy) is 1. The van der Waals surface area contributed by atoms with Crippen LogP contribution >= 0.6 is 7.82 Å². The van der Waals surface area contributed by atoms with Gasteiger partial charge in [0, 0.05) is 5.57 Å². The second-order valence-electron chi connectivity index (χ2n) is 8.07. The molecule has 3 atom stereocenters. The van der Waals surface area contributed by atoms with E-state index in [4.69, 9.17) is 0 Å². The van der Waals surface area contributed by atoms with Crippen LogP contribution in [-0.2, 0) is 23.1 Å². The van der Waals surface area contributed by atoms with E-state index in [1.165, 1.54) is 0 Å². The van der Waals surface area contributed by atoms with Crippen LogP contribution in [0.5, 0.6) is 0 Å². The Labute approximate surface area is 250 Å². The fraction of sp³-hybridized carbons (Fsp3) is 0.824. The van der Waals surface area contributed by atoms with Gasteiger partial charge in [0.05, 0.1) is 6.61 Å². The summed E-state index contributed by atoms with van der Waals surface area (Å²) in [7, 11) is -7.26. The van der Waals surface area contributed by atoms with Crippen molar-refractivity contribution in [1.29, 1.82) is 0 Å². The molecule has 0 aliphatic carbocycles. The molecule has 0 aromatic rings. The van der Waals surface area contributed by atoms with Crippen LogP contribution in [0.1, 0.15) is 13.8 Å². The number of rotatable bonds is 16. The SMILES string of the molecule is C=C(C)C(=O)OCC(O)COP(=O)([O-])OC(F)(F)C(F)(F)C(F)(F)C(F)(F)C(F)(F)C(F)(F)C(F)(F)C(F)(F)C(C)F.[Na+]. The van der Waals surface area contributed by atoms with Gasteiger partial charge in [-0.25, -0.2) is 13.7 Å². The Bertz CT molecular complexity index is 1050. The normalized spacial score (nSPS) is 17.4. The van der Waals surface area contributed by atoms with Crippen molar-refractivity contribution in [1.82, 2.24) is 0 Å². The Kier molecular flexibility index (Phi) is 13.8. The number of hydrogen-bond acceptors (Lipinski definition) is 7. The molecular formula is C17H15F17NaO7P. The quantitative estimate of drug-likeness (QED) is 0.0864. The molecule has 26 heteroatoms. The molecule has 250 valence electrons. The molecule has 0 rings (SSSR count). The number of alkyl halides is 17. The van der Waals surface area contributed by atoms with E-state index >= 15 is 0 Å². The zero-order chi connectivity index (χ0) is 34.3. The van der Waals surface area contributed by atoms with Crippen molar-refractivity contribution < 1.29 is 137 Å². The van der Waals surface area contributed by atoms with E-state index in [1.54, 1.807) is 0 Å². The van der Waals surface area contributed by atoms with Gasteiger partial charge in [0.2, 0.25) is 0 Å². The van der Waals surface area contributed by atoms with Crippen molar-refractivity contribution in [3.05, 3.63) is 12.2 Å². The van der Waals surface area contributed by atoms with Gasteiger partial charge in [0.25, 0.3) is 7.82 Å². The maximum atomic E-state index is 13.8. The topological polar surface area (TPSA) is 105 Å². The average molecular weight is 708 g/mol. The summed E-state index contributed by atoms with van der Waals surface area (Å²) < 4.78 is 251. The third kappa shape index (κ3) is 7.91. The zero-order valence-electron chi connectivity index (χ0n) is 21.0. The van der Waals surface area contributed by atoms with Crippen LogP contribution in [0.3, 0.4) is 0 Å². The number of aliphatic hydroxyl groups is 1. The molecular weight excluding hydrogens is 693 g/mol. The van der Waals surface area contributed by atoms with Crippen molar-refractivity contribution in [2.24, 2.45) is 0 Å². The van der Waals surface area contributed by atoms with Gasteiger partial charge in [-0.2, -0.15) is 70.2 Å². The molecule has 0 spiro atoms. The number of carbonyl (C=O) groups excluding carboxylic acids is 1. The third-order valence-electron chi connectivity index (χ3n) is 4.66. The predicted molar refractivity (Wildman–Crippen MR) is 96.6 cm³/mol. The van der Waals surface area contributed by atoms with Crippen LogP contribution in [0.2, 0.25) is 0 Å². The van der Waals surface area contributed by atoms with Gasteiger partial charge in [0.1, 0.15) is 12.7 Å². The summed E-state index contributed by atoms with van der Waals surface area (Å²) in [5, 5.41) is 9.27. The molecule has 3 unspecified atom stereocenters. The minimum atomic E-state index is -8.91. The molecule has 0 aromatic carbocycles. The largest absolute Gasteiger partial charge is 1.00 e. The van der Waals surface area contributed by atoms with Gasteiger partial charge in [-0.05, 0) is 13.8 Å². The molecule has 0 heterocycles. The van der Waals surface area contributed by atoms with Gasteiger partial charge in [-0.1, -0.05) is 6.58 Å². The molecule has 0 bridgehead atoms. The average Bonchev–Trinajstić information content (AvgIpc) is 2.79. The van der Waals surface area contributed by atoms with Gasteiger partial charge in [-0.3, -0.25) is 4.57 Å². The standard InChI is InChI=1S/C17H16F17O7P.Na/c1-6(2)9(36)39-4-8(35)5-40-42(37,38)41-17(33,34)16(31,32)15(29,30)14(27,28)13(25,26)12(23,24)11(21,22)10(19,20)7(3)18;/h7-8,35H,1,4-5H2,2-3H3,(H,37,38);/q;+1/p-1. The molecule has 0 aliphatic rings. The number of carbonyl (C=O) groups is 1. The van der Waals surface area contributed by atoms with E-state index in [2.05, 4.69) is 20.4 Å². The van der Waals surface area contributed by atoms with Gasteiger partial charge < -0.3 is 19.3 Å². The molecule has 43 heavy (non-hydrogen) atoms. The Hall–Kier alpha value is -0.910. The first-order valence-electron chi connectivity index (χ1n) is 9.96. The van der Waals surface area contributed by atoms with Crippen molar-refractivity contribution in [2.75, 3.05) is 13.2 Å². The molecule has 0 aliphatic heterocycles. The number of esters is 1. The smallest absolute Gasteiger partial charge is 0.756 e. The number of phosphoric acid groups is 1. The van der Waals surface area contributed by atoms with E-state index in [-0.39, 0.29) is 35.1 Å². The summed E-state index contributed by atoms with van der Waals surface area (Å²) >= 11 is 0. The first-order chi connectivity index (χ1) is 18.1. The summed E-state index contributed by atoms with van der Waals surface area (Å²) in [6.07, 6.45) is -14.7. The summed E-state index contributed by atoms with van der Waals surface area (Å²) in [4.78, 5) is 22.4. The van der Waals surface area contributed by atoms with Crippen LogP contribution in [0, 0.1) is 0 Å². The van der Waals surface area contributed by atoms with Crippen LogP contribution < -0.4 is 34.5 Å². The van der Waals surface area contributed by atoms with Crippen LogP contribution in [0.25, 0.3) is 0 Å². The Morgan fingerprint density at radius 1 is 0.791 bits per heavy atom. The summed E-state index contributed by atoms with van der Waals surface area (Å²) in [6.45, 7) is 0.145. The van der Waals surface area contributed by atoms with Crippen molar-refractivity contribution in [2.45, 2.75) is 73.7 Å². The number of hydrogen-bond donors (Lipinski definition) is 1. The fourth-order valence-electron chi connectivity index (χ4n) is 2.18. The number of phosphoric ester groups is 1. The molecule has 0 saturated heterocycles. The second-order valence-corrected chi connectivity index (χ2v) is 9.40. The molecule has 0 amide bonds. The first-order valence-corrected chi connectivity index (χ1v) is 11.4. The Morgan fingerprint density at radius 2 is 1.14 bits per heavy atom. The van der Waals surface area contributed by atoms with Crippen molar-refractivity contribution >= 4 is 13.8 Å². The number of aliphatic hydroxyl groups excluding tert-OH is 1. The van der Waals surface area contributed by atoms with E-state index in [1.807, 2.05) is 0 Å². The Balaban J connectivity index is 0. The van der Waals surface area contributed by atoms with Gasteiger partial charge in [-0.15, -0.1) is 0 Å². The third-order valence-corrected chi connectivity index (χ3v) is 5.58. The van der Waals surface area contributed by atoms with E-state index in [0.717, 1.165) is 6.92 Å². The van der Waals surface area contributed by atoms with Crippen LogP contribution in [-0.4, -0.2) is 84.1 Å². The molecule has 7 nitrogen and oxygen atoms in total. The van der Waals surface area contributed by atoms with Crippen molar-refractivity contribution in [3.8, 4) is 0 Å². The predicted octanol–water partition coefficient (Wildman–Crippen LogP) is 2.37. The van der Waals surface area contributed by atoms with Crippen molar-refractivity contribution in [3.63, 3.8) is 0 Å². The Morgan fingerprint density at radius 3 is 1.49 bits per heavy atom. The maximum absolute atomic E-state index is 13.8. The summed E-state index contributed by atoms with van der Waals surface area (Å²) in [5.74, 6) is -60.0. The molecule has 0 aromatic heterocycles. The minimum Gasteiger partial charge on any atom is -0.756 e. The minimum absolute atomic E-state index is 0. The van der Waals surface area contributed by atoms with E-state index < -0.39 is 93.8 Å².